The second-order valence-electron chi connectivity index (χ2n) is 5.49. The Hall–Kier alpha value is -2.66. The van der Waals surface area contributed by atoms with E-state index in [-0.39, 0.29) is 11.8 Å². The molecular formula is C19H23N3O2. The molecule has 0 heterocycles. The Morgan fingerprint density at radius 1 is 1.00 bits per heavy atom. The molecule has 0 bridgehead atoms. The molecule has 0 aliphatic carbocycles. The lowest BCUT2D eigenvalue weighted by atomic mass is 10.1. The smallest absolute Gasteiger partial charge is 0.255 e. The van der Waals surface area contributed by atoms with Crippen molar-refractivity contribution < 1.29 is 9.59 Å². The first-order chi connectivity index (χ1) is 11.7. The summed E-state index contributed by atoms with van der Waals surface area (Å²) in [5.74, 6) is -0.494. The standard InChI is InChI=1S/C19H23N3O2/c1-2-5-14-8-10-15(11-9-14)18(23)22-17-7-4-3-6-16(17)19(24)21-13-12-20/h3-4,6-11H,2,5,12-13,20H2,1H3,(H,21,24)(H,22,23). The van der Waals surface area contributed by atoms with Crippen molar-refractivity contribution in [3.05, 3.63) is 65.2 Å². The molecule has 2 rings (SSSR count). The van der Waals surface area contributed by atoms with Gasteiger partial charge in [-0.25, -0.2) is 0 Å². The summed E-state index contributed by atoms with van der Waals surface area (Å²) in [7, 11) is 0. The highest BCUT2D eigenvalue weighted by Crippen LogP contribution is 2.16. The molecule has 0 aliphatic heterocycles. The normalized spacial score (nSPS) is 10.2. The van der Waals surface area contributed by atoms with Gasteiger partial charge in [-0.1, -0.05) is 37.6 Å². The third-order valence-electron chi connectivity index (χ3n) is 3.60. The average molecular weight is 325 g/mol. The van der Waals surface area contributed by atoms with Crippen LogP contribution in [0.2, 0.25) is 0 Å². The third-order valence-corrected chi connectivity index (χ3v) is 3.60. The van der Waals surface area contributed by atoms with E-state index in [9.17, 15) is 9.59 Å². The van der Waals surface area contributed by atoms with E-state index < -0.39 is 0 Å². The van der Waals surface area contributed by atoms with E-state index in [0.717, 1.165) is 12.8 Å². The Morgan fingerprint density at radius 2 is 1.71 bits per heavy atom. The van der Waals surface area contributed by atoms with Crippen LogP contribution in [-0.4, -0.2) is 24.9 Å². The Kier molecular flexibility index (Phi) is 6.51. The quantitative estimate of drug-likeness (QED) is 0.731. The molecule has 5 heteroatoms. The summed E-state index contributed by atoms with van der Waals surface area (Å²) in [4.78, 5) is 24.6. The molecule has 2 aromatic rings. The van der Waals surface area contributed by atoms with Gasteiger partial charge >= 0.3 is 0 Å². The number of carbonyl (C=O) groups excluding carboxylic acids is 2. The van der Waals surface area contributed by atoms with Crippen LogP contribution in [0.15, 0.2) is 48.5 Å². The summed E-state index contributed by atoms with van der Waals surface area (Å²) < 4.78 is 0. The maximum Gasteiger partial charge on any atom is 0.255 e. The van der Waals surface area contributed by atoms with E-state index in [0.29, 0.717) is 29.9 Å². The number of hydrogen-bond donors (Lipinski definition) is 3. The maximum absolute atomic E-state index is 12.4. The van der Waals surface area contributed by atoms with Gasteiger partial charge in [-0.3, -0.25) is 9.59 Å². The Bertz CT molecular complexity index is 696. The molecule has 0 radical (unpaired) electrons. The fourth-order valence-corrected chi connectivity index (χ4v) is 2.38. The lowest BCUT2D eigenvalue weighted by molar-refractivity contribution is 0.0955. The number of nitrogens with two attached hydrogens (primary N) is 1. The number of benzene rings is 2. The Balaban J connectivity index is 2.12. The Morgan fingerprint density at radius 3 is 2.38 bits per heavy atom. The van der Waals surface area contributed by atoms with Crippen LogP contribution in [-0.2, 0) is 6.42 Å². The molecule has 0 aliphatic rings. The molecule has 0 fully saturated rings. The van der Waals surface area contributed by atoms with E-state index in [2.05, 4.69) is 17.6 Å². The first-order valence-electron chi connectivity index (χ1n) is 8.13. The number of amides is 2. The van der Waals surface area contributed by atoms with Crippen molar-refractivity contribution in [1.82, 2.24) is 5.32 Å². The van der Waals surface area contributed by atoms with Crippen LogP contribution in [0.25, 0.3) is 0 Å². The monoisotopic (exact) mass is 325 g/mol. The highest BCUT2D eigenvalue weighted by molar-refractivity contribution is 6.09. The van der Waals surface area contributed by atoms with Crippen LogP contribution >= 0.6 is 0 Å². The lowest BCUT2D eigenvalue weighted by Gasteiger charge is -2.11. The maximum atomic E-state index is 12.4. The van der Waals surface area contributed by atoms with Crippen LogP contribution in [0, 0.1) is 0 Å². The van der Waals surface area contributed by atoms with Crippen molar-refractivity contribution in [2.24, 2.45) is 5.73 Å². The molecule has 4 N–H and O–H groups in total. The van der Waals surface area contributed by atoms with E-state index in [1.807, 2.05) is 12.1 Å². The minimum Gasteiger partial charge on any atom is -0.351 e. The summed E-state index contributed by atoms with van der Waals surface area (Å²) in [6.07, 6.45) is 2.06. The summed E-state index contributed by atoms with van der Waals surface area (Å²) in [5.41, 5.74) is 8.06. The number of rotatable bonds is 7. The molecule has 0 spiro atoms. The van der Waals surface area contributed by atoms with Crippen LogP contribution in [0.1, 0.15) is 39.6 Å². The number of anilines is 1. The fraction of sp³-hybridized carbons (Fsp3) is 0.263. The van der Waals surface area contributed by atoms with Gasteiger partial charge in [-0.2, -0.15) is 0 Å². The van der Waals surface area contributed by atoms with Gasteiger partial charge in [0.2, 0.25) is 0 Å². The minimum atomic E-state index is -0.255. The van der Waals surface area contributed by atoms with Crippen molar-refractivity contribution in [1.29, 1.82) is 0 Å². The summed E-state index contributed by atoms with van der Waals surface area (Å²) >= 11 is 0. The highest BCUT2D eigenvalue weighted by atomic mass is 16.2. The fourth-order valence-electron chi connectivity index (χ4n) is 2.38. The SMILES string of the molecule is CCCc1ccc(C(=O)Nc2ccccc2C(=O)NCCN)cc1. The Labute approximate surface area is 142 Å². The van der Waals surface area contributed by atoms with Gasteiger partial charge in [-0.05, 0) is 36.2 Å². The number of nitrogens with one attached hydrogen (secondary N) is 2. The molecule has 2 aromatic carbocycles. The molecular weight excluding hydrogens is 302 g/mol. The summed E-state index contributed by atoms with van der Waals surface area (Å²) in [6.45, 7) is 2.87. The molecule has 5 nitrogen and oxygen atoms in total. The average Bonchev–Trinajstić information content (AvgIpc) is 2.61. The van der Waals surface area contributed by atoms with Gasteiger partial charge in [0.15, 0.2) is 0 Å². The van der Waals surface area contributed by atoms with Gasteiger partial charge in [0, 0.05) is 18.7 Å². The zero-order chi connectivity index (χ0) is 17.4. The molecule has 0 unspecified atom stereocenters. The molecule has 0 atom stereocenters. The highest BCUT2D eigenvalue weighted by Gasteiger charge is 2.13. The molecule has 0 aromatic heterocycles. The number of carbonyl (C=O) groups is 2. The van der Waals surface area contributed by atoms with E-state index in [1.54, 1.807) is 36.4 Å². The third kappa shape index (κ3) is 4.67. The topological polar surface area (TPSA) is 84.2 Å². The number of aryl methyl sites for hydroxylation is 1. The summed E-state index contributed by atoms with van der Waals surface area (Å²) in [5, 5.41) is 5.51. The van der Waals surface area contributed by atoms with E-state index in [4.69, 9.17) is 5.73 Å². The molecule has 0 saturated heterocycles. The van der Waals surface area contributed by atoms with Gasteiger partial charge in [0.25, 0.3) is 11.8 Å². The van der Waals surface area contributed by atoms with Crippen LogP contribution in [0.4, 0.5) is 5.69 Å². The van der Waals surface area contributed by atoms with Gasteiger partial charge in [-0.15, -0.1) is 0 Å². The zero-order valence-corrected chi connectivity index (χ0v) is 13.8. The molecule has 0 saturated carbocycles. The van der Waals surface area contributed by atoms with Gasteiger partial charge < -0.3 is 16.4 Å². The lowest BCUT2D eigenvalue weighted by Crippen LogP contribution is -2.30. The second-order valence-corrected chi connectivity index (χ2v) is 5.49. The van der Waals surface area contributed by atoms with Crippen molar-refractivity contribution >= 4 is 17.5 Å². The van der Waals surface area contributed by atoms with Crippen molar-refractivity contribution in [2.75, 3.05) is 18.4 Å². The van der Waals surface area contributed by atoms with Crippen molar-refractivity contribution in [3.63, 3.8) is 0 Å². The molecule has 24 heavy (non-hydrogen) atoms. The largest absolute Gasteiger partial charge is 0.351 e. The van der Waals surface area contributed by atoms with E-state index >= 15 is 0 Å². The predicted octanol–water partition coefficient (Wildman–Crippen LogP) is 2.58. The summed E-state index contributed by atoms with van der Waals surface area (Å²) in [6, 6.07) is 14.4. The van der Waals surface area contributed by atoms with E-state index in [1.165, 1.54) is 5.56 Å². The zero-order valence-electron chi connectivity index (χ0n) is 13.8. The number of hydrogen-bond acceptors (Lipinski definition) is 3. The van der Waals surface area contributed by atoms with Gasteiger partial charge in [0.05, 0.1) is 11.3 Å². The van der Waals surface area contributed by atoms with Crippen LogP contribution in [0.5, 0.6) is 0 Å². The van der Waals surface area contributed by atoms with Crippen molar-refractivity contribution in [2.45, 2.75) is 19.8 Å². The van der Waals surface area contributed by atoms with Gasteiger partial charge in [0.1, 0.15) is 0 Å². The minimum absolute atomic E-state index is 0.239. The molecule has 2 amide bonds. The first kappa shape index (κ1) is 17.7. The van der Waals surface area contributed by atoms with Crippen LogP contribution in [0.3, 0.4) is 0 Å². The van der Waals surface area contributed by atoms with Crippen molar-refractivity contribution in [3.8, 4) is 0 Å². The van der Waals surface area contributed by atoms with Crippen LogP contribution < -0.4 is 16.4 Å². The first-order valence-corrected chi connectivity index (χ1v) is 8.13. The number of para-hydroxylation sites is 1. The predicted molar refractivity (Wildman–Crippen MR) is 96.2 cm³/mol. The molecule has 126 valence electrons. The second kappa shape index (κ2) is 8.84.